The van der Waals surface area contributed by atoms with E-state index in [-0.39, 0.29) is 37.1 Å². The molecule has 2 radical (unpaired) electrons. The van der Waals surface area contributed by atoms with Crippen LogP contribution in [0, 0.1) is 0 Å². The summed E-state index contributed by atoms with van der Waals surface area (Å²) >= 11 is 8.53. The summed E-state index contributed by atoms with van der Waals surface area (Å²) in [6.45, 7) is 0. The first-order chi connectivity index (χ1) is 1.41. The second kappa shape index (κ2) is 17.3. The van der Waals surface area contributed by atoms with Crippen molar-refractivity contribution >= 4 is 23.7 Å². The van der Waals surface area contributed by atoms with Gasteiger partial charge in [-0.05, 0) is 0 Å². The predicted molar refractivity (Wildman–Crippen MR) is 12.8 cm³/mol. The van der Waals surface area contributed by atoms with E-state index in [2.05, 4.69) is 27.6 Å². The second-order valence-corrected chi connectivity index (χ2v) is 0.525. The molecule has 0 aromatic rings. The van der Waals surface area contributed by atoms with Crippen LogP contribution in [0.15, 0.2) is 0 Å². The third-order valence-corrected chi connectivity index (χ3v) is 0. The third-order valence-electron chi connectivity index (χ3n) is 0. The number of rotatable bonds is 0. The van der Waals surface area contributed by atoms with Crippen molar-refractivity contribution in [2.24, 2.45) is 0 Å². The van der Waals surface area contributed by atoms with E-state index in [1.54, 1.807) is 0 Å². The molecule has 0 N–H and O–H groups in total. The van der Waals surface area contributed by atoms with Crippen molar-refractivity contribution in [3.8, 4) is 0 Å². The SMILES string of the molecule is ClOCl.[V].[V]. The van der Waals surface area contributed by atoms with Crippen molar-refractivity contribution in [3.05, 3.63) is 0 Å². The van der Waals surface area contributed by atoms with E-state index in [0.29, 0.717) is 0 Å². The third kappa shape index (κ3) is 26.9. The van der Waals surface area contributed by atoms with Crippen LogP contribution >= 0.6 is 23.7 Å². The van der Waals surface area contributed by atoms with Gasteiger partial charge in [-0.25, -0.2) is 0 Å². The van der Waals surface area contributed by atoms with Crippen molar-refractivity contribution in [1.29, 1.82) is 0 Å². The van der Waals surface area contributed by atoms with Gasteiger partial charge in [-0.15, -0.1) is 0 Å². The fraction of sp³-hybridized carbons (Fsp3) is 0. The molecule has 1 nitrogen and oxygen atoms in total. The van der Waals surface area contributed by atoms with Crippen LogP contribution in [0.1, 0.15) is 0 Å². The fourth-order valence-electron chi connectivity index (χ4n) is 0. The molecule has 5 heteroatoms. The molecule has 0 aliphatic carbocycles. The maximum atomic E-state index is 4.26. The molecule has 0 aromatic carbocycles. The molecule has 0 bridgehead atoms. The molecular formula is Cl2OV2. The molecule has 0 rings (SSSR count). The Morgan fingerprint density at radius 1 is 1.00 bits per heavy atom. The molecule has 0 aliphatic heterocycles. The normalized spacial score (nSPS) is 3.60. The molecule has 0 amide bonds. The van der Waals surface area contributed by atoms with Crippen LogP contribution in [-0.4, -0.2) is 0 Å². The molecule has 30 valence electrons. The molecule has 0 aromatic heterocycles. The van der Waals surface area contributed by atoms with Gasteiger partial charge in [-0.3, -0.25) is 0 Å². The maximum Gasteiger partial charge on any atom is 0.0832 e. The van der Waals surface area contributed by atoms with E-state index >= 15 is 0 Å². The first-order valence-electron chi connectivity index (χ1n) is 0.309. The summed E-state index contributed by atoms with van der Waals surface area (Å²) in [6, 6.07) is 0. The number of hydrogen-bond acceptors (Lipinski definition) is 1. The van der Waals surface area contributed by atoms with Crippen LogP contribution < -0.4 is 0 Å². The number of halogens is 2. The van der Waals surface area contributed by atoms with Crippen molar-refractivity contribution in [1.82, 2.24) is 0 Å². The van der Waals surface area contributed by atoms with Gasteiger partial charge in [0.2, 0.25) is 0 Å². The van der Waals surface area contributed by atoms with Crippen LogP contribution in [0.4, 0.5) is 0 Å². The summed E-state index contributed by atoms with van der Waals surface area (Å²) in [7, 11) is 0. The summed E-state index contributed by atoms with van der Waals surface area (Å²) in [6.07, 6.45) is 0. The van der Waals surface area contributed by atoms with Gasteiger partial charge in [0.1, 0.15) is 0 Å². The Morgan fingerprint density at radius 2 is 1.00 bits per heavy atom. The van der Waals surface area contributed by atoms with Crippen LogP contribution in [0.25, 0.3) is 0 Å². The van der Waals surface area contributed by atoms with Gasteiger partial charge in [-0.2, -0.15) is 3.84 Å². The average molecular weight is 189 g/mol. The van der Waals surface area contributed by atoms with Gasteiger partial charge in [-0.1, -0.05) is 0 Å². The zero-order valence-electron chi connectivity index (χ0n) is 2.06. The zero-order valence-corrected chi connectivity index (χ0v) is 6.36. The van der Waals surface area contributed by atoms with E-state index in [9.17, 15) is 0 Å². The van der Waals surface area contributed by atoms with Crippen molar-refractivity contribution < 1.29 is 41.0 Å². The molecule has 0 aliphatic rings. The minimum Gasteiger partial charge on any atom is -0.166 e. The molecule has 0 fully saturated rings. The molecule has 0 spiro atoms. The summed E-state index contributed by atoms with van der Waals surface area (Å²) in [5, 5.41) is 0. The predicted octanol–water partition coefficient (Wildman–Crippen LogP) is 1.31. The van der Waals surface area contributed by atoms with Gasteiger partial charge >= 0.3 is 0 Å². The van der Waals surface area contributed by atoms with Gasteiger partial charge in [0.25, 0.3) is 0 Å². The number of hydrogen-bond donors (Lipinski definition) is 0. The van der Waals surface area contributed by atoms with E-state index in [0.717, 1.165) is 0 Å². The molecular weight excluding hydrogens is 189 g/mol. The summed E-state index contributed by atoms with van der Waals surface area (Å²) in [5.41, 5.74) is 0. The Labute approximate surface area is 64.5 Å². The first kappa shape index (κ1) is 15.9. The van der Waals surface area contributed by atoms with Crippen LogP contribution in [-0.2, 0) is 41.0 Å². The molecule has 0 unspecified atom stereocenters. The van der Waals surface area contributed by atoms with Crippen molar-refractivity contribution in [2.75, 3.05) is 0 Å². The standard InChI is InChI=1S/Cl2O.2V/c1-3-2;;. The van der Waals surface area contributed by atoms with Gasteiger partial charge in [0, 0.05) is 37.1 Å². The second-order valence-electron chi connectivity index (χ2n) is 0.0583. The largest absolute Gasteiger partial charge is 0.166 e. The zero-order chi connectivity index (χ0) is 2.71. The monoisotopic (exact) mass is 188 g/mol. The Kier molecular flexibility index (Phi) is 54.8. The van der Waals surface area contributed by atoms with Crippen molar-refractivity contribution in [2.45, 2.75) is 0 Å². The molecule has 5 heavy (non-hydrogen) atoms. The van der Waals surface area contributed by atoms with Crippen molar-refractivity contribution in [3.63, 3.8) is 0 Å². The quantitative estimate of drug-likeness (QED) is 0.557. The van der Waals surface area contributed by atoms with E-state index < -0.39 is 0 Å². The summed E-state index contributed by atoms with van der Waals surface area (Å²) in [5.74, 6) is 0. The van der Waals surface area contributed by atoms with Crippen LogP contribution in [0.5, 0.6) is 0 Å². The van der Waals surface area contributed by atoms with Crippen LogP contribution in [0.2, 0.25) is 0 Å². The summed E-state index contributed by atoms with van der Waals surface area (Å²) < 4.78 is 3.19. The minimum absolute atomic E-state index is 0. The fourth-order valence-corrected chi connectivity index (χ4v) is 0. The first-order valence-corrected chi connectivity index (χ1v) is 0.926. The van der Waals surface area contributed by atoms with Gasteiger partial charge in [0.15, 0.2) is 0 Å². The Bertz CT molecular complexity index is 7.61. The average Bonchev–Trinajstić information content (AvgIpc) is 0.918. The molecule has 0 saturated carbocycles. The molecule has 0 saturated heterocycles. The maximum absolute atomic E-state index is 4.26. The Hall–Kier alpha value is 1.71. The molecule has 0 heterocycles. The summed E-state index contributed by atoms with van der Waals surface area (Å²) in [4.78, 5) is 0. The van der Waals surface area contributed by atoms with E-state index in [1.165, 1.54) is 0 Å². The van der Waals surface area contributed by atoms with Gasteiger partial charge in [0.05, 0.1) is 23.7 Å². The topological polar surface area (TPSA) is 9.23 Å². The Balaban J connectivity index is -0.0000000200. The van der Waals surface area contributed by atoms with E-state index in [1.807, 2.05) is 0 Å². The minimum atomic E-state index is 0. The van der Waals surface area contributed by atoms with Gasteiger partial charge < -0.3 is 0 Å². The molecule has 0 atom stereocenters. The smallest absolute Gasteiger partial charge is 0.0832 e. The van der Waals surface area contributed by atoms with E-state index in [4.69, 9.17) is 0 Å². The Morgan fingerprint density at radius 3 is 1.00 bits per heavy atom. The van der Waals surface area contributed by atoms with Crippen LogP contribution in [0.3, 0.4) is 0 Å².